The molecule has 0 radical (unpaired) electrons. The molecule has 0 spiro atoms. The van der Waals surface area contributed by atoms with Gasteiger partial charge >= 0.3 is 0 Å². The van der Waals surface area contributed by atoms with Crippen molar-refractivity contribution in [2.24, 2.45) is 5.73 Å². The van der Waals surface area contributed by atoms with E-state index in [1.807, 2.05) is 0 Å². The van der Waals surface area contributed by atoms with Gasteiger partial charge in [-0.05, 0) is 26.9 Å². The molecule has 0 atom stereocenters. The minimum absolute atomic E-state index is 0.142. The lowest BCUT2D eigenvalue weighted by Gasteiger charge is -2.27. The van der Waals surface area contributed by atoms with Gasteiger partial charge in [-0.3, -0.25) is 0 Å². The van der Waals surface area contributed by atoms with Crippen LogP contribution in [-0.2, 0) is 0 Å². The number of likely N-dealkylation sites (N-methyl/N-ethyl adjacent to an activating group) is 1. The second-order valence-electron chi connectivity index (χ2n) is 3.81. The molecule has 0 unspecified atom stereocenters. The van der Waals surface area contributed by atoms with Crippen molar-refractivity contribution in [2.45, 2.75) is 31.2 Å². The quantitative estimate of drug-likeness (QED) is 0.618. The van der Waals surface area contributed by atoms with Gasteiger partial charge in [0.15, 0.2) is 0 Å². The second-order valence-corrected chi connectivity index (χ2v) is 3.81. The Hall–Kier alpha value is -0.0800. The third-order valence-corrected chi connectivity index (χ3v) is 2.23. The average molecular weight is 142 g/mol. The molecule has 1 aliphatic carbocycles. The Kier molecular flexibility index (Phi) is 2.32. The van der Waals surface area contributed by atoms with Gasteiger partial charge in [0.2, 0.25) is 0 Å². The summed E-state index contributed by atoms with van der Waals surface area (Å²) in [7, 11) is 4.18. The second kappa shape index (κ2) is 2.89. The summed E-state index contributed by atoms with van der Waals surface area (Å²) in [6.07, 6.45) is 5.07. The first kappa shape index (κ1) is 8.02. The van der Waals surface area contributed by atoms with Gasteiger partial charge in [0, 0.05) is 12.1 Å². The van der Waals surface area contributed by atoms with Crippen LogP contribution in [0.4, 0.5) is 0 Å². The number of hydrogen-bond acceptors (Lipinski definition) is 2. The van der Waals surface area contributed by atoms with Crippen LogP contribution < -0.4 is 5.73 Å². The molecule has 2 nitrogen and oxygen atoms in total. The van der Waals surface area contributed by atoms with Crippen LogP contribution in [0, 0.1) is 0 Å². The van der Waals surface area contributed by atoms with Crippen LogP contribution in [0.15, 0.2) is 0 Å². The predicted octanol–water partition coefficient (Wildman–Crippen LogP) is 0.819. The van der Waals surface area contributed by atoms with Gasteiger partial charge in [0.25, 0.3) is 0 Å². The summed E-state index contributed by atoms with van der Waals surface area (Å²) in [5.74, 6) is 0. The van der Waals surface area contributed by atoms with Crippen LogP contribution in [0.2, 0.25) is 0 Å². The molecule has 2 heteroatoms. The van der Waals surface area contributed by atoms with Crippen LogP contribution >= 0.6 is 0 Å². The molecule has 0 heterocycles. The summed E-state index contributed by atoms with van der Waals surface area (Å²) in [6.45, 7) is 1.05. The molecule has 1 fully saturated rings. The predicted molar refractivity (Wildman–Crippen MR) is 43.9 cm³/mol. The summed E-state index contributed by atoms with van der Waals surface area (Å²) in [6, 6.07) is 0. The van der Waals surface area contributed by atoms with E-state index in [-0.39, 0.29) is 5.54 Å². The number of nitrogens with two attached hydrogens (primary N) is 1. The third kappa shape index (κ3) is 1.96. The smallest absolute Gasteiger partial charge is 0.0283 e. The summed E-state index contributed by atoms with van der Waals surface area (Å²) >= 11 is 0. The van der Waals surface area contributed by atoms with Crippen molar-refractivity contribution in [3.05, 3.63) is 0 Å². The van der Waals surface area contributed by atoms with Gasteiger partial charge in [-0.15, -0.1) is 0 Å². The fraction of sp³-hybridized carbons (Fsp3) is 1.00. The van der Waals surface area contributed by atoms with E-state index < -0.39 is 0 Å². The molecule has 0 bridgehead atoms. The topological polar surface area (TPSA) is 29.3 Å². The van der Waals surface area contributed by atoms with E-state index in [0.717, 1.165) is 6.54 Å². The monoisotopic (exact) mass is 142 g/mol. The van der Waals surface area contributed by atoms with Crippen LogP contribution in [0.5, 0.6) is 0 Å². The Balaban J connectivity index is 2.36. The van der Waals surface area contributed by atoms with Gasteiger partial charge in [-0.25, -0.2) is 0 Å². The SMILES string of the molecule is CN(C)CC1(N)CCCC1. The molecular weight excluding hydrogens is 124 g/mol. The Morgan fingerprint density at radius 2 is 1.80 bits per heavy atom. The molecule has 0 saturated heterocycles. The highest BCUT2D eigenvalue weighted by atomic mass is 15.1. The lowest BCUT2D eigenvalue weighted by atomic mass is 9.99. The molecule has 0 aromatic carbocycles. The van der Waals surface area contributed by atoms with E-state index in [0.29, 0.717) is 0 Å². The maximum atomic E-state index is 6.12. The Bertz CT molecular complexity index is 104. The van der Waals surface area contributed by atoms with Crippen molar-refractivity contribution in [3.8, 4) is 0 Å². The van der Waals surface area contributed by atoms with Gasteiger partial charge in [0.1, 0.15) is 0 Å². The van der Waals surface area contributed by atoms with E-state index in [1.54, 1.807) is 0 Å². The van der Waals surface area contributed by atoms with Crippen molar-refractivity contribution in [2.75, 3.05) is 20.6 Å². The minimum atomic E-state index is 0.142. The summed E-state index contributed by atoms with van der Waals surface area (Å²) in [4.78, 5) is 2.19. The van der Waals surface area contributed by atoms with Crippen molar-refractivity contribution < 1.29 is 0 Å². The fourth-order valence-corrected chi connectivity index (χ4v) is 1.87. The zero-order valence-electron chi connectivity index (χ0n) is 7.06. The zero-order valence-corrected chi connectivity index (χ0v) is 7.06. The van der Waals surface area contributed by atoms with Crippen molar-refractivity contribution in [1.82, 2.24) is 4.90 Å². The molecule has 0 amide bonds. The standard InChI is InChI=1S/C8H18N2/c1-10(2)7-8(9)5-3-4-6-8/h3-7,9H2,1-2H3. The highest BCUT2D eigenvalue weighted by Gasteiger charge is 2.29. The Morgan fingerprint density at radius 1 is 1.30 bits per heavy atom. The average Bonchev–Trinajstić information content (AvgIpc) is 2.12. The minimum Gasteiger partial charge on any atom is -0.324 e. The summed E-state index contributed by atoms with van der Waals surface area (Å²) in [5, 5.41) is 0. The fourth-order valence-electron chi connectivity index (χ4n) is 1.87. The molecule has 10 heavy (non-hydrogen) atoms. The highest BCUT2D eigenvalue weighted by molar-refractivity contribution is 4.90. The molecule has 1 aliphatic rings. The molecule has 0 aromatic rings. The van der Waals surface area contributed by atoms with E-state index in [4.69, 9.17) is 5.73 Å². The number of nitrogens with zero attached hydrogens (tertiary/aromatic N) is 1. The van der Waals surface area contributed by atoms with E-state index in [2.05, 4.69) is 19.0 Å². The highest BCUT2D eigenvalue weighted by Crippen LogP contribution is 2.27. The summed E-state index contributed by atoms with van der Waals surface area (Å²) < 4.78 is 0. The zero-order chi connectivity index (χ0) is 7.61. The maximum Gasteiger partial charge on any atom is 0.0283 e. The van der Waals surface area contributed by atoms with Crippen LogP contribution in [0.25, 0.3) is 0 Å². The largest absolute Gasteiger partial charge is 0.324 e. The van der Waals surface area contributed by atoms with Crippen LogP contribution in [0.1, 0.15) is 25.7 Å². The van der Waals surface area contributed by atoms with Crippen LogP contribution in [-0.4, -0.2) is 31.1 Å². The van der Waals surface area contributed by atoms with Gasteiger partial charge in [0.05, 0.1) is 0 Å². The molecule has 1 saturated carbocycles. The lowest BCUT2D eigenvalue weighted by molar-refractivity contribution is 0.287. The lowest BCUT2D eigenvalue weighted by Crippen LogP contribution is -2.45. The van der Waals surface area contributed by atoms with Crippen molar-refractivity contribution >= 4 is 0 Å². The first-order valence-electron chi connectivity index (χ1n) is 4.06. The van der Waals surface area contributed by atoms with Gasteiger partial charge in [-0.1, -0.05) is 12.8 Å². The van der Waals surface area contributed by atoms with Crippen LogP contribution in [0.3, 0.4) is 0 Å². The molecule has 60 valence electrons. The van der Waals surface area contributed by atoms with Gasteiger partial charge in [-0.2, -0.15) is 0 Å². The van der Waals surface area contributed by atoms with E-state index in [9.17, 15) is 0 Å². The Labute approximate surface area is 63.4 Å². The number of hydrogen-bond donors (Lipinski definition) is 1. The molecular formula is C8H18N2. The first-order chi connectivity index (χ1) is 4.62. The van der Waals surface area contributed by atoms with Crippen molar-refractivity contribution in [3.63, 3.8) is 0 Å². The molecule has 0 aromatic heterocycles. The van der Waals surface area contributed by atoms with E-state index >= 15 is 0 Å². The summed E-state index contributed by atoms with van der Waals surface area (Å²) in [5.41, 5.74) is 6.26. The molecule has 2 N–H and O–H groups in total. The molecule has 1 rings (SSSR count). The van der Waals surface area contributed by atoms with E-state index in [1.165, 1.54) is 25.7 Å². The maximum absolute atomic E-state index is 6.12. The first-order valence-corrected chi connectivity index (χ1v) is 4.06. The van der Waals surface area contributed by atoms with Crippen molar-refractivity contribution in [1.29, 1.82) is 0 Å². The third-order valence-electron chi connectivity index (χ3n) is 2.23. The normalized spacial score (nSPS) is 24.0. The van der Waals surface area contributed by atoms with Gasteiger partial charge < -0.3 is 10.6 Å². The number of rotatable bonds is 2. The Morgan fingerprint density at radius 3 is 2.20 bits per heavy atom. The molecule has 0 aliphatic heterocycles.